The highest BCUT2D eigenvalue weighted by molar-refractivity contribution is 7.80. The summed E-state index contributed by atoms with van der Waals surface area (Å²) in [6.07, 6.45) is 0. The van der Waals surface area contributed by atoms with Gasteiger partial charge in [-0.3, -0.25) is 0 Å². The van der Waals surface area contributed by atoms with Gasteiger partial charge in [0.05, 0.1) is 0 Å². The molecule has 1 saturated heterocycles. The van der Waals surface area contributed by atoms with E-state index < -0.39 is 0 Å². The molecular weight excluding hydrogens is 347 g/mol. The van der Waals surface area contributed by atoms with E-state index in [0.29, 0.717) is 16.4 Å². The van der Waals surface area contributed by atoms with Gasteiger partial charge >= 0.3 is 0 Å². The van der Waals surface area contributed by atoms with Gasteiger partial charge in [0.1, 0.15) is 5.82 Å². The minimum absolute atomic E-state index is 0.245. The average molecular weight is 373 g/mol. The Labute approximate surface area is 160 Å². The number of hydrogen-bond donors (Lipinski definition) is 2. The van der Waals surface area contributed by atoms with Crippen LogP contribution in [0.1, 0.15) is 12.5 Å². The van der Waals surface area contributed by atoms with Crippen LogP contribution in [-0.2, 0) is 0 Å². The second kappa shape index (κ2) is 8.47. The molecule has 2 N–H and O–H groups in total. The molecule has 0 atom stereocenters. The van der Waals surface area contributed by atoms with E-state index >= 15 is 0 Å². The lowest BCUT2D eigenvalue weighted by Crippen LogP contribution is -2.46. The normalized spacial score (nSPS) is 15.0. The van der Waals surface area contributed by atoms with Crippen molar-refractivity contribution >= 4 is 34.4 Å². The Balaban J connectivity index is 1.55. The molecule has 0 spiro atoms. The number of likely N-dealkylation sites (N-methyl/N-ethyl adjacent to an activating group) is 1. The number of thiocarbonyl (C=S) groups is 1. The Bertz CT molecular complexity index is 755. The van der Waals surface area contributed by atoms with Crippen LogP contribution in [0.4, 0.5) is 21.5 Å². The zero-order chi connectivity index (χ0) is 18.5. The van der Waals surface area contributed by atoms with Crippen molar-refractivity contribution in [3.05, 3.63) is 53.8 Å². The average Bonchev–Trinajstić information content (AvgIpc) is 2.65. The minimum Gasteiger partial charge on any atom is -0.369 e. The Morgan fingerprint density at radius 2 is 1.62 bits per heavy atom. The van der Waals surface area contributed by atoms with Gasteiger partial charge in [-0.15, -0.1) is 0 Å². The van der Waals surface area contributed by atoms with E-state index in [2.05, 4.69) is 39.5 Å². The van der Waals surface area contributed by atoms with E-state index in [9.17, 15) is 4.39 Å². The van der Waals surface area contributed by atoms with Crippen LogP contribution < -0.4 is 15.5 Å². The number of piperazine rings is 1. The van der Waals surface area contributed by atoms with Gasteiger partial charge in [0, 0.05) is 43.2 Å². The first-order valence-corrected chi connectivity index (χ1v) is 9.37. The number of anilines is 3. The Morgan fingerprint density at radius 3 is 2.23 bits per heavy atom. The van der Waals surface area contributed by atoms with Crippen LogP contribution in [0.3, 0.4) is 0 Å². The van der Waals surface area contributed by atoms with E-state index in [1.807, 2.05) is 18.2 Å². The highest BCUT2D eigenvalue weighted by Gasteiger charge is 2.15. The van der Waals surface area contributed by atoms with Crippen LogP contribution in [0, 0.1) is 12.7 Å². The summed E-state index contributed by atoms with van der Waals surface area (Å²) in [6, 6.07) is 13.2. The van der Waals surface area contributed by atoms with Gasteiger partial charge in [-0.05, 0) is 67.6 Å². The summed E-state index contributed by atoms with van der Waals surface area (Å²) >= 11 is 5.32. The molecular formula is C20H25FN4S. The van der Waals surface area contributed by atoms with Crippen molar-refractivity contribution in [2.24, 2.45) is 0 Å². The largest absolute Gasteiger partial charge is 0.369 e. The summed E-state index contributed by atoms with van der Waals surface area (Å²) in [6.45, 7) is 9.39. The van der Waals surface area contributed by atoms with Crippen molar-refractivity contribution in [3.63, 3.8) is 0 Å². The predicted octanol–water partition coefficient (Wildman–Crippen LogP) is 4.08. The number of benzene rings is 2. The van der Waals surface area contributed by atoms with Crippen LogP contribution in [0.25, 0.3) is 0 Å². The number of hydrogen-bond acceptors (Lipinski definition) is 3. The Hall–Kier alpha value is -2.18. The molecule has 0 unspecified atom stereocenters. The molecule has 1 fully saturated rings. The summed E-state index contributed by atoms with van der Waals surface area (Å²) in [5.74, 6) is -0.245. The van der Waals surface area contributed by atoms with Crippen molar-refractivity contribution in [1.82, 2.24) is 4.90 Å². The third-order valence-electron chi connectivity index (χ3n) is 4.74. The van der Waals surface area contributed by atoms with Gasteiger partial charge in [-0.1, -0.05) is 13.0 Å². The monoisotopic (exact) mass is 372 g/mol. The summed E-state index contributed by atoms with van der Waals surface area (Å²) in [7, 11) is 0. The fourth-order valence-corrected chi connectivity index (χ4v) is 3.28. The first-order valence-electron chi connectivity index (χ1n) is 8.96. The van der Waals surface area contributed by atoms with Crippen molar-refractivity contribution in [2.45, 2.75) is 13.8 Å². The van der Waals surface area contributed by atoms with Crippen LogP contribution in [0.15, 0.2) is 42.5 Å². The molecule has 3 rings (SSSR count). The molecule has 2 aromatic carbocycles. The topological polar surface area (TPSA) is 30.5 Å². The second-order valence-corrected chi connectivity index (χ2v) is 6.92. The molecule has 0 saturated carbocycles. The molecule has 0 bridgehead atoms. The van der Waals surface area contributed by atoms with Crippen LogP contribution >= 0.6 is 12.2 Å². The Kier molecular flexibility index (Phi) is 6.06. The van der Waals surface area contributed by atoms with Crippen molar-refractivity contribution in [1.29, 1.82) is 0 Å². The van der Waals surface area contributed by atoms with Crippen LogP contribution in [-0.4, -0.2) is 42.7 Å². The summed E-state index contributed by atoms with van der Waals surface area (Å²) in [4.78, 5) is 4.87. The third kappa shape index (κ3) is 4.71. The maximum Gasteiger partial charge on any atom is 0.175 e. The standard InChI is InChI=1S/C20H25FN4S/c1-3-24-10-12-25(13-11-24)18-8-6-16(7-9-18)22-20(26)23-17-5-4-15(2)19(21)14-17/h4-9,14H,3,10-13H2,1-2H3,(H2,22,23,26). The fraction of sp³-hybridized carbons (Fsp3) is 0.350. The molecule has 0 amide bonds. The third-order valence-corrected chi connectivity index (χ3v) is 4.94. The zero-order valence-electron chi connectivity index (χ0n) is 15.3. The summed E-state index contributed by atoms with van der Waals surface area (Å²) in [5, 5.41) is 6.60. The summed E-state index contributed by atoms with van der Waals surface area (Å²) in [5.41, 5.74) is 3.39. The number of rotatable bonds is 4. The molecule has 1 aliphatic heterocycles. The fourth-order valence-electron chi connectivity index (χ4n) is 3.04. The smallest absolute Gasteiger partial charge is 0.175 e. The zero-order valence-corrected chi connectivity index (χ0v) is 16.1. The molecule has 6 heteroatoms. The molecule has 0 radical (unpaired) electrons. The van der Waals surface area contributed by atoms with Crippen molar-refractivity contribution in [3.8, 4) is 0 Å². The molecule has 0 aromatic heterocycles. The number of halogens is 1. The maximum absolute atomic E-state index is 13.6. The first-order chi connectivity index (χ1) is 12.5. The van der Waals surface area contributed by atoms with Gasteiger partial charge in [-0.25, -0.2) is 4.39 Å². The van der Waals surface area contributed by atoms with E-state index in [1.165, 1.54) is 11.8 Å². The van der Waals surface area contributed by atoms with E-state index in [1.54, 1.807) is 13.0 Å². The van der Waals surface area contributed by atoms with Crippen LogP contribution in [0.2, 0.25) is 0 Å². The van der Waals surface area contributed by atoms with Gasteiger partial charge in [0.25, 0.3) is 0 Å². The second-order valence-electron chi connectivity index (χ2n) is 6.51. The lowest BCUT2D eigenvalue weighted by molar-refractivity contribution is 0.271. The predicted molar refractivity (Wildman–Crippen MR) is 112 cm³/mol. The van der Waals surface area contributed by atoms with E-state index in [4.69, 9.17) is 12.2 Å². The van der Waals surface area contributed by atoms with E-state index in [-0.39, 0.29) is 5.82 Å². The lowest BCUT2D eigenvalue weighted by Gasteiger charge is -2.35. The molecule has 26 heavy (non-hydrogen) atoms. The van der Waals surface area contributed by atoms with Crippen molar-refractivity contribution < 1.29 is 4.39 Å². The Morgan fingerprint density at radius 1 is 1.00 bits per heavy atom. The minimum atomic E-state index is -0.245. The molecule has 1 heterocycles. The molecule has 4 nitrogen and oxygen atoms in total. The van der Waals surface area contributed by atoms with E-state index in [0.717, 1.165) is 38.4 Å². The summed E-state index contributed by atoms with van der Waals surface area (Å²) < 4.78 is 13.6. The number of nitrogens with zero attached hydrogens (tertiary/aromatic N) is 2. The number of nitrogens with one attached hydrogen (secondary N) is 2. The van der Waals surface area contributed by atoms with Gasteiger partial charge in [-0.2, -0.15) is 0 Å². The van der Waals surface area contributed by atoms with Gasteiger partial charge in [0.2, 0.25) is 0 Å². The highest BCUT2D eigenvalue weighted by atomic mass is 32.1. The maximum atomic E-state index is 13.6. The molecule has 2 aromatic rings. The molecule has 138 valence electrons. The molecule has 1 aliphatic rings. The molecule has 0 aliphatic carbocycles. The lowest BCUT2D eigenvalue weighted by atomic mass is 10.2. The van der Waals surface area contributed by atoms with Gasteiger partial charge < -0.3 is 20.4 Å². The number of aryl methyl sites for hydroxylation is 1. The highest BCUT2D eigenvalue weighted by Crippen LogP contribution is 2.20. The van der Waals surface area contributed by atoms with Crippen molar-refractivity contribution in [2.75, 3.05) is 48.3 Å². The first kappa shape index (κ1) is 18.6. The van der Waals surface area contributed by atoms with Gasteiger partial charge in [0.15, 0.2) is 5.11 Å². The quantitative estimate of drug-likeness (QED) is 0.790. The SMILES string of the molecule is CCN1CCN(c2ccc(NC(=S)Nc3ccc(C)c(F)c3)cc2)CC1. The van der Waals surface area contributed by atoms with Crippen LogP contribution in [0.5, 0.6) is 0 Å².